The van der Waals surface area contributed by atoms with Gasteiger partial charge in [0.1, 0.15) is 0 Å². The Morgan fingerprint density at radius 1 is 1.53 bits per heavy atom. The lowest BCUT2D eigenvalue weighted by Crippen LogP contribution is -2.12. The predicted octanol–water partition coefficient (Wildman–Crippen LogP) is 1.68. The van der Waals surface area contributed by atoms with Gasteiger partial charge in [-0.1, -0.05) is 5.16 Å². The molecule has 0 unspecified atom stereocenters. The average molecular weight is 266 g/mol. The minimum absolute atomic E-state index is 0.0982. The van der Waals surface area contributed by atoms with Gasteiger partial charge in [-0.05, 0) is 19.1 Å². The first-order valence-electron chi connectivity index (χ1n) is 5.03. The summed E-state index contributed by atoms with van der Waals surface area (Å²) in [5.41, 5.74) is -0.802. The molecule has 0 aliphatic carbocycles. The molecule has 0 aliphatic rings. The fraction of sp³-hybridized carbons (Fsp3) is 0.100. The number of nitrogens with one attached hydrogen (secondary N) is 1. The van der Waals surface area contributed by atoms with Crippen molar-refractivity contribution in [2.75, 3.05) is 5.32 Å². The first kappa shape index (κ1) is 12.6. The predicted molar refractivity (Wildman–Crippen MR) is 60.0 cm³/mol. The molecule has 0 saturated carbocycles. The third-order valence-corrected chi connectivity index (χ3v) is 2.15. The van der Waals surface area contributed by atoms with Gasteiger partial charge in [0.2, 0.25) is 5.82 Å². The number of nitro groups is 1. The molecule has 1 aromatic heterocycles. The summed E-state index contributed by atoms with van der Waals surface area (Å²) >= 11 is 0. The van der Waals surface area contributed by atoms with E-state index in [1.165, 1.54) is 0 Å². The van der Waals surface area contributed by atoms with Gasteiger partial charge < -0.3 is 4.52 Å². The van der Waals surface area contributed by atoms with Crippen LogP contribution in [0.2, 0.25) is 0 Å². The van der Waals surface area contributed by atoms with Crippen LogP contribution in [0.3, 0.4) is 0 Å². The molecule has 98 valence electrons. The molecule has 1 heterocycles. The molecule has 0 radical (unpaired) electrons. The minimum atomic E-state index is -1.10. The molecule has 19 heavy (non-hydrogen) atoms. The third-order valence-electron chi connectivity index (χ3n) is 2.15. The summed E-state index contributed by atoms with van der Waals surface area (Å²) in [5, 5.41) is 16.1. The lowest BCUT2D eigenvalue weighted by molar-refractivity contribution is -0.387. The van der Waals surface area contributed by atoms with E-state index in [9.17, 15) is 19.3 Å². The molecule has 2 rings (SSSR count). The van der Waals surface area contributed by atoms with Crippen LogP contribution in [0.15, 0.2) is 22.7 Å². The van der Waals surface area contributed by atoms with Crippen molar-refractivity contribution in [1.29, 1.82) is 0 Å². The van der Waals surface area contributed by atoms with E-state index < -0.39 is 22.3 Å². The number of hydrogen-bond donors (Lipinski definition) is 1. The summed E-state index contributed by atoms with van der Waals surface area (Å²) in [7, 11) is 0. The molecule has 0 spiro atoms. The van der Waals surface area contributed by atoms with E-state index in [-0.39, 0.29) is 11.6 Å². The quantitative estimate of drug-likeness (QED) is 0.668. The second-order valence-electron chi connectivity index (χ2n) is 3.52. The smallest absolute Gasteiger partial charge is 0.315 e. The molecule has 1 amide bonds. The van der Waals surface area contributed by atoms with Gasteiger partial charge >= 0.3 is 11.7 Å². The first-order valence-corrected chi connectivity index (χ1v) is 5.03. The highest BCUT2D eigenvalue weighted by molar-refractivity contribution is 6.03. The number of carbonyl (C=O) groups excluding carboxylic acids is 1. The van der Waals surface area contributed by atoms with Crippen molar-refractivity contribution < 1.29 is 18.6 Å². The number of anilines is 1. The molecule has 8 nitrogen and oxygen atoms in total. The summed E-state index contributed by atoms with van der Waals surface area (Å²) in [4.78, 5) is 25.0. The zero-order chi connectivity index (χ0) is 14.0. The van der Waals surface area contributed by atoms with Crippen molar-refractivity contribution in [3.8, 4) is 0 Å². The highest BCUT2D eigenvalue weighted by Crippen LogP contribution is 2.18. The second kappa shape index (κ2) is 4.80. The number of nitro benzene ring substituents is 1. The number of aromatic nitrogens is 2. The van der Waals surface area contributed by atoms with Crippen molar-refractivity contribution in [1.82, 2.24) is 10.1 Å². The van der Waals surface area contributed by atoms with Crippen LogP contribution < -0.4 is 5.32 Å². The number of hydrogen-bond acceptors (Lipinski definition) is 6. The Labute approximate surface area is 105 Å². The van der Waals surface area contributed by atoms with Gasteiger partial charge in [0.25, 0.3) is 5.91 Å². The number of aryl methyl sites for hydroxylation is 1. The monoisotopic (exact) mass is 266 g/mol. The number of rotatable bonds is 3. The normalized spacial score (nSPS) is 10.2. The minimum Gasteiger partial charge on any atom is -0.315 e. The summed E-state index contributed by atoms with van der Waals surface area (Å²) in [6.45, 7) is 1.56. The van der Waals surface area contributed by atoms with Crippen LogP contribution in [0.5, 0.6) is 0 Å². The first-order chi connectivity index (χ1) is 8.97. The van der Waals surface area contributed by atoms with E-state index in [1.807, 2.05) is 0 Å². The molecular weight excluding hydrogens is 259 g/mol. The second-order valence-corrected chi connectivity index (χ2v) is 3.52. The van der Waals surface area contributed by atoms with Crippen LogP contribution in [0.25, 0.3) is 0 Å². The average Bonchev–Trinajstić information content (AvgIpc) is 2.74. The van der Waals surface area contributed by atoms with Gasteiger partial charge in [-0.15, -0.1) is 0 Å². The fourth-order valence-electron chi connectivity index (χ4n) is 1.31. The lowest BCUT2D eigenvalue weighted by Gasteiger charge is -2.00. The van der Waals surface area contributed by atoms with Gasteiger partial charge in [-0.25, -0.2) is 0 Å². The Kier molecular flexibility index (Phi) is 3.19. The third kappa shape index (κ3) is 2.70. The lowest BCUT2D eigenvalue weighted by atomic mass is 10.2. The summed E-state index contributed by atoms with van der Waals surface area (Å²) in [6, 6.07) is 2.65. The molecule has 0 bridgehead atoms. The SMILES string of the molecule is Cc1noc(NC(=O)c2ccc([N+](=O)[O-])c(F)c2)n1. The number of nitrogens with zero attached hydrogens (tertiary/aromatic N) is 3. The van der Waals surface area contributed by atoms with Gasteiger partial charge in [0.05, 0.1) is 4.92 Å². The zero-order valence-corrected chi connectivity index (χ0v) is 9.58. The van der Waals surface area contributed by atoms with Crippen molar-refractivity contribution in [3.05, 3.63) is 45.5 Å². The van der Waals surface area contributed by atoms with E-state index >= 15 is 0 Å². The van der Waals surface area contributed by atoms with Crippen LogP contribution in [0, 0.1) is 22.9 Å². The molecule has 1 aromatic carbocycles. The largest absolute Gasteiger partial charge is 0.328 e. The maximum atomic E-state index is 13.3. The van der Waals surface area contributed by atoms with Crippen molar-refractivity contribution >= 4 is 17.6 Å². The number of amides is 1. The fourth-order valence-corrected chi connectivity index (χ4v) is 1.31. The highest BCUT2D eigenvalue weighted by Gasteiger charge is 2.17. The number of halogens is 1. The summed E-state index contributed by atoms with van der Waals surface area (Å²) < 4.78 is 18.0. The van der Waals surface area contributed by atoms with Gasteiger partial charge in [0, 0.05) is 11.6 Å². The molecule has 0 aliphatic heterocycles. The Bertz CT molecular complexity index is 655. The van der Waals surface area contributed by atoms with Crippen LogP contribution in [-0.4, -0.2) is 21.0 Å². The molecule has 1 N–H and O–H groups in total. The Morgan fingerprint density at radius 3 is 2.79 bits per heavy atom. The molecule has 0 atom stereocenters. The zero-order valence-electron chi connectivity index (χ0n) is 9.58. The van der Waals surface area contributed by atoms with Crippen molar-refractivity contribution in [2.45, 2.75) is 6.92 Å². The Morgan fingerprint density at radius 2 is 2.26 bits per heavy atom. The topological polar surface area (TPSA) is 111 Å². The highest BCUT2D eigenvalue weighted by atomic mass is 19.1. The van der Waals surface area contributed by atoms with Gasteiger partial charge in [0.15, 0.2) is 5.82 Å². The van der Waals surface area contributed by atoms with Crippen LogP contribution in [0.4, 0.5) is 16.1 Å². The van der Waals surface area contributed by atoms with Crippen molar-refractivity contribution in [3.63, 3.8) is 0 Å². The van der Waals surface area contributed by atoms with Crippen LogP contribution in [-0.2, 0) is 0 Å². The molecule has 0 saturated heterocycles. The van der Waals surface area contributed by atoms with E-state index in [1.54, 1.807) is 6.92 Å². The van der Waals surface area contributed by atoms with Gasteiger partial charge in [-0.2, -0.15) is 9.37 Å². The summed E-state index contributed by atoms with van der Waals surface area (Å²) in [5.74, 6) is -1.48. The van der Waals surface area contributed by atoms with E-state index in [2.05, 4.69) is 20.0 Å². The molecule has 2 aromatic rings. The van der Waals surface area contributed by atoms with Crippen molar-refractivity contribution in [2.24, 2.45) is 0 Å². The van der Waals surface area contributed by atoms with Gasteiger partial charge in [-0.3, -0.25) is 20.2 Å². The van der Waals surface area contributed by atoms with Crippen LogP contribution >= 0.6 is 0 Å². The summed E-state index contributed by atoms with van der Waals surface area (Å²) in [6.07, 6.45) is 0. The number of benzene rings is 1. The Hall–Kier alpha value is -2.84. The Balaban J connectivity index is 2.20. The molecule has 0 fully saturated rings. The molecular formula is C10H7FN4O4. The van der Waals surface area contributed by atoms with E-state index in [0.717, 1.165) is 18.2 Å². The van der Waals surface area contributed by atoms with Crippen LogP contribution in [0.1, 0.15) is 16.2 Å². The molecule has 9 heteroatoms. The van der Waals surface area contributed by atoms with E-state index in [0.29, 0.717) is 5.82 Å². The maximum Gasteiger partial charge on any atom is 0.328 e. The number of carbonyl (C=O) groups is 1. The standard InChI is InChI=1S/C10H7FN4O4/c1-5-12-10(19-14-5)13-9(16)6-2-3-8(15(17)18)7(11)4-6/h2-4H,1H3,(H,12,13,14,16). The maximum absolute atomic E-state index is 13.3. The van der Waals surface area contributed by atoms with E-state index in [4.69, 9.17) is 0 Å².